The number of hydrogen-bond donors (Lipinski definition) is 2. The van der Waals surface area contributed by atoms with Crippen LogP contribution in [0.5, 0.6) is 0 Å². The Morgan fingerprint density at radius 1 is 1.35 bits per heavy atom. The zero-order valence-corrected chi connectivity index (χ0v) is 9.82. The molecule has 1 heterocycles. The van der Waals surface area contributed by atoms with Gasteiger partial charge in [0.15, 0.2) is 0 Å². The Morgan fingerprint density at radius 2 is 2.12 bits per heavy atom. The third kappa shape index (κ3) is 4.60. The number of methoxy groups -OCH3 is 1. The summed E-state index contributed by atoms with van der Waals surface area (Å²) in [6.07, 6.45) is 1.61. The van der Waals surface area contributed by atoms with Crippen molar-refractivity contribution in [3.8, 4) is 0 Å². The maximum atomic E-state index is 11.4. The Labute approximate surface area is 99.4 Å². The SMILES string of the molecule is COCCNC(=O)C(=O)Nc1ccc(C)cn1. The van der Waals surface area contributed by atoms with Gasteiger partial charge < -0.3 is 15.4 Å². The first-order valence-electron chi connectivity index (χ1n) is 5.14. The Bertz CT molecular complexity index is 389. The molecule has 92 valence electrons. The van der Waals surface area contributed by atoms with Crippen LogP contribution in [0.1, 0.15) is 5.56 Å². The highest BCUT2D eigenvalue weighted by Crippen LogP contribution is 2.03. The monoisotopic (exact) mass is 237 g/mol. The minimum Gasteiger partial charge on any atom is -0.383 e. The van der Waals surface area contributed by atoms with Crippen molar-refractivity contribution in [1.29, 1.82) is 0 Å². The van der Waals surface area contributed by atoms with Gasteiger partial charge in [-0.25, -0.2) is 4.98 Å². The van der Waals surface area contributed by atoms with Crippen LogP contribution in [-0.4, -0.2) is 37.1 Å². The minimum absolute atomic E-state index is 0.296. The predicted octanol–water partition coefficient (Wildman–Crippen LogP) is 0.0911. The lowest BCUT2D eigenvalue weighted by Gasteiger charge is -2.05. The first-order chi connectivity index (χ1) is 8.13. The summed E-state index contributed by atoms with van der Waals surface area (Å²) in [7, 11) is 1.52. The van der Waals surface area contributed by atoms with Gasteiger partial charge >= 0.3 is 11.8 Å². The van der Waals surface area contributed by atoms with Crippen molar-refractivity contribution in [1.82, 2.24) is 10.3 Å². The van der Waals surface area contributed by atoms with Crippen LogP contribution in [0.4, 0.5) is 5.82 Å². The van der Waals surface area contributed by atoms with Crippen molar-refractivity contribution >= 4 is 17.6 Å². The van der Waals surface area contributed by atoms with Gasteiger partial charge in [0.25, 0.3) is 0 Å². The fraction of sp³-hybridized carbons (Fsp3) is 0.364. The van der Waals surface area contributed by atoms with E-state index in [0.29, 0.717) is 19.0 Å². The number of ether oxygens (including phenoxy) is 1. The van der Waals surface area contributed by atoms with Crippen LogP contribution in [0, 0.1) is 6.92 Å². The summed E-state index contributed by atoms with van der Waals surface area (Å²) in [6, 6.07) is 3.43. The Kier molecular flexibility index (Phi) is 5.09. The fourth-order valence-corrected chi connectivity index (χ4v) is 1.06. The number of rotatable bonds is 4. The van der Waals surface area contributed by atoms with Gasteiger partial charge in [-0.3, -0.25) is 9.59 Å². The Morgan fingerprint density at radius 3 is 2.71 bits per heavy atom. The quantitative estimate of drug-likeness (QED) is 0.574. The van der Waals surface area contributed by atoms with E-state index in [0.717, 1.165) is 5.56 Å². The van der Waals surface area contributed by atoms with Crippen molar-refractivity contribution < 1.29 is 14.3 Å². The van der Waals surface area contributed by atoms with E-state index in [4.69, 9.17) is 4.74 Å². The second kappa shape index (κ2) is 6.59. The summed E-state index contributed by atoms with van der Waals surface area (Å²) in [5.74, 6) is -1.09. The van der Waals surface area contributed by atoms with E-state index in [1.807, 2.05) is 6.92 Å². The highest BCUT2D eigenvalue weighted by Gasteiger charge is 2.13. The molecule has 6 nitrogen and oxygen atoms in total. The average molecular weight is 237 g/mol. The van der Waals surface area contributed by atoms with Crippen molar-refractivity contribution in [2.75, 3.05) is 25.6 Å². The van der Waals surface area contributed by atoms with E-state index in [1.54, 1.807) is 18.3 Å². The molecule has 0 aliphatic carbocycles. The van der Waals surface area contributed by atoms with Crippen LogP contribution in [0.15, 0.2) is 18.3 Å². The highest BCUT2D eigenvalue weighted by atomic mass is 16.5. The number of nitrogens with zero attached hydrogens (tertiary/aromatic N) is 1. The summed E-state index contributed by atoms with van der Waals surface area (Å²) < 4.78 is 4.74. The molecule has 17 heavy (non-hydrogen) atoms. The molecule has 0 unspecified atom stereocenters. The van der Waals surface area contributed by atoms with Crippen LogP contribution < -0.4 is 10.6 Å². The number of aromatic nitrogens is 1. The fourth-order valence-electron chi connectivity index (χ4n) is 1.06. The van der Waals surface area contributed by atoms with Gasteiger partial charge in [0.1, 0.15) is 5.82 Å². The summed E-state index contributed by atoms with van der Waals surface area (Å²) in [5, 5.41) is 4.80. The third-order valence-electron chi connectivity index (χ3n) is 1.95. The summed E-state index contributed by atoms with van der Waals surface area (Å²) in [5.41, 5.74) is 0.979. The van der Waals surface area contributed by atoms with Crippen molar-refractivity contribution in [3.05, 3.63) is 23.9 Å². The van der Waals surface area contributed by atoms with E-state index >= 15 is 0 Å². The lowest BCUT2D eigenvalue weighted by atomic mass is 10.3. The van der Waals surface area contributed by atoms with Gasteiger partial charge in [0.2, 0.25) is 0 Å². The zero-order chi connectivity index (χ0) is 12.7. The molecule has 0 atom stereocenters. The molecule has 0 fully saturated rings. The summed E-state index contributed by atoms with van der Waals surface area (Å²) in [4.78, 5) is 26.6. The van der Waals surface area contributed by atoms with Crippen molar-refractivity contribution in [3.63, 3.8) is 0 Å². The number of nitrogens with one attached hydrogen (secondary N) is 2. The van der Waals surface area contributed by atoms with E-state index in [9.17, 15) is 9.59 Å². The largest absolute Gasteiger partial charge is 0.383 e. The van der Waals surface area contributed by atoms with Crippen LogP contribution in [0.3, 0.4) is 0 Å². The van der Waals surface area contributed by atoms with E-state index in [2.05, 4.69) is 15.6 Å². The molecule has 0 saturated carbocycles. The summed E-state index contributed by atoms with van der Waals surface area (Å²) in [6.45, 7) is 2.54. The standard InChI is InChI=1S/C11H15N3O3/c1-8-3-4-9(13-7-8)14-11(16)10(15)12-5-6-17-2/h3-4,7H,5-6H2,1-2H3,(H,12,15)(H,13,14,16). The van der Waals surface area contributed by atoms with E-state index in [-0.39, 0.29) is 0 Å². The van der Waals surface area contributed by atoms with Gasteiger partial charge in [0, 0.05) is 19.9 Å². The first-order valence-corrected chi connectivity index (χ1v) is 5.14. The van der Waals surface area contributed by atoms with Gasteiger partial charge in [0.05, 0.1) is 6.61 Å². The molecule has 1 aromatic heterocycles. The zero-order valence-electron chi connectivity index (χ0n) is 9.82. The molecule has 0 aromatic carbocycles. The average Bonchev–Trinajstić information content (AvgIpc) is 2.32. The number of carbonyl (C=O) groups is 2. The highest BCUT2D eigenvalue weighted by molar-refractivity contribution is 6.39. The molecule has 0 saturated heterocycles. The van der Waals surface area contributed by atoms with Crippen molar-refractivity contribution in [2.45, 2.75) is 6.92 Å². The van der Waals surface area contributed by atoms with Crippen LogP contribution in [0.25, 0.3) is 0 Å². The predicted molar refractivity (Wildman–Crippen MR) is 62.5 cm³/mol. The molecule has 1 rings (SSSR count). The topological polar surface area (TPSA) is 80.3 Å². The lowest BCUT2D eigenvalue weighted by Crippen LogP contribution is -2.37. The van der Waals surface area contributed by atoms with Crippen LogP contribution in [-0.2, 0) is 14.3 Å². The maximum absolute atomic E-state index is 11.4. The molecular formula is C11H15N3O3. The molecule has 1 aromatic rings. The lowest BCUT2D eigenvalue weighted by molar-refractivity contribution is -0.136. The third-order valence-corrected chi connectivity index (χ3v) is 1.95. The van der Waals surface area contributed by atoms with Gasteiger partial charge in [-0.1, -0.05) is 6.07 Å². The van der Waals surface area contributed by atoms with Gasteiger partial charge in [-0.05, 0) is 18.6 Å². The maximum Gasteiger partial charge on any atom is 0.314 e. The minimum atomic E-state index is -0.738. The molecular weight excluding hydrogens is 222 g/mol. The number of aryl methyl sites for hydroxylation is 1. The molecule has 0 spiro atoms. The molecule has 0 aliphatic heterocycles. The molecule has 0 bridgehead atoms. The van der Waals surface area contributed by atoms with E-state index < -0.39 is 11.8 Å². The second-order valence-corrected chi connectivity index (χ2v) is 3.42. The summed E-state index contributed by atoms with van der Waals surface area (Å²) >= 11 is 0. The Balaban J connectivity index is 2.43. The van der Waals surface area contributed by atoms with E-state index in [1.165, 1.54) is 7.11 Å². The molecule has 6 heteroatoms. The first kappa shape index (κ1) is 13.1. The normalized spacial score (nSPS) is 9.76. The second-order valence-electron chi connectivity index (χ2n) is 3.42. The van der Waals surface area contributed by atoms with Crippen LogP contribution >= 0.6 is 0 Å². The number of carbonyl (C=O) groups excluding carboxylic acids is 2. The number of pyridine rings is 1. The molecule has 2 amide bonds. The number of anilines is 1. The van der Waals surface area contributed by atoms with Crippen molar-refractivity contribution in [2.24, 2.45) is 0 Å². The molecule has 0 aliphatic rings. The number of amides is 2. The molecule has 2 N–H and O–H groups in total. The molecule has 0 radical (unpaired) electrons. The van der Waals surface area contributed by atoms with Gasteiger partial charge in [-0.15, -0.1) is 0 Å². The van der Waals surface area contributed by atoms with Gasteiger partial charge in [-0.2, -0.15) is 0 Å². The number of hydrogen-bond acceptors (Lipinski definition) is 4. The Hall–Kier alpha value is -1.95. The van der Waals surface area contributed by atoms with Crippen LogP contribution in [0.2, 0.25) is 0 Å². The smallest absolute Gasteiger partial charge is 0.314 e.